The van der Waals surface area contributed by atoms with Crippen LogP contribution in [0.5, 0.6) is 0 Å². The maximum absolute atomic E-state index is 12.6. The van der Waals surface area contributed by atoms with Gasteiger partial charge in [-0.2, -0.15) is 0 Å². The van der Waals surface area contributed by atoms with E-state index in [1.54, 1.807) is 0 Å². The minimum atomic E-state index is -0.0785. The van der Waals surface area contributed by atoms with Crippen molar-refractivity contribution in [1.29, 1.82) is 0 Å². The lowest BCUT2D eigenvalue weighted by Crippen LogP contribution is -2.48. The Morgan fingerprint density at radius 2 is 1.88 bits per heavy atom. The number of hydrogen-bond donors (Lipinski definition) is 1. The van der Waals surface area contributed by atoms with E-state index in [4.69, 9.17) is 0 Å². The fourth-order valence-corrected chi connectivity index (χ4v) is 4.44. The first-order chi connectivity index (χ1) is 12.5. The van der Waals surface area contributed by atoms with Crippen LogP contribution in [-0.4, -0.2) is 58.8 Å². The maximum Gasteiger partial charge on any atom is 0.228 e. The Morgan fingerprint density at radius 3 is 2.54 bits per heavy atom. The molecule has 0 saturated carbocycles. The number of nitrogens with one attached hydrogen (secondary N) is 1. The second kappa shape index (κ2) is 8.95. The summed E-state index contributed by atoms with van der Waals surface area (Å²) in [6, 6.07) is 0.650. The van der Waals surface area contributed by atoms with E-state index >= 15 is 0 Å². The average molecular weight is 379 g/mol. The predicted molar refractivity (Wildman–Crippen MR) is 104 cm³/mol. The molecule has 1 aromatic rings. The van der Waals surface area contributed by atoms with Crippen molar-refractivity contribution in [3.63, 3.8) is 0 Å². The standard InChI is InChI=1S/C19H30N4O2S/c1-14(2)18(25)21-19-20-15(13-26-19)12-17(24)23-10-6-16(7-11-23)22-8-4-3-5-9-22/h13-14,16H,3-12H2,1-2H3,(H,20,21,25). The Morgan fingerprint density at radius 1 is 1.19 bits per heavy atom. The van der Waals surface area contributed by atoms with Crippen LogP contribution in [0.2, 0.25) is 0 Å². The topological polar surface area (TPSA) is 65.5 Å². The molecule has 2 fully saturated rings. The first-order valence-corrected chi connectivity index (χ1v) is 10.7. The van der Waals surface area contributed by atoms with Crippen molar-refractivity contribution < 1.29 is 9.59 Å². The number of carbonyl (C=O) groups is 2. The van der Waals surface area contributed by atoms with Gasteiger partial charge in [-0.3, -0.25) is 9.59 Å². The second-order valence-electron chi connectivity index (χ2n) is 7.67. The number of nitrogens with zero attached hydrogens (tertiary/aromatic N) is 3. The molecule has 6 nitrogen and oxygen atoms in total. The zero-order valence-electron chi connectivity index (χ0n) is 15.9. The van der Waals surface area contributed by atoms with Crippen LogP contribution in [0.1, 0.15) is 51.6 Å². The minimum absolute atomic E-state index is 0.0444. The molecule has 2 saturated heterocycles. The van der Waals surface area contributed by atoms with Crippen molar-refractivity contribution in [3.8, 4) is 0 Å². The average Bonchev–Trinajstić information content (AvgIpc) is 3.09. The second-order valence-corrected chi connectivity index (χ2v) is 8.53. The van der Waals surface area contributed by atoms with Gasteiger partial charge in [-0.05, 0) is 38.8 Å². The number of likely N-dealkylation sites (tertiary alicyclic amines) is 2. The SMILES string of the molecule is CC(C)C(=O)Nc1nc(CC(=O)N2CCC(N3CCCCC3)CC2)cs1. The molecule has 1 N–H and O–H groups in total. The van der Waals surface area contributed by atoms with Crippen molar-refractivity contribution in [2.45, 2.75) is 58.4 Å². The van der Waals surface area contributed by atoms with Gasteiger partial charge in [-0.15, -0.1) is 11.3 Å². The highest BCUT2D eigenvalue weighted by atomic mass is 32.1. The van der Waals surface area contributed by atoms with E-state index in [2.05, 4.69) is 15.2 Å². The fourth-order valence-electron chi connectivity index (χ4n) is 3.73. The number of hydrogen-bond acceptors (Lipinski definition) is 5. The molecule has 1 aromatic heterocycles. The molecule has 0 bridgehead atoms. The highest BCUT2D eigenvalue weighted by Gasteiger charge is 2.27. The minimum Gasteiger partial charge on any atom is -0.342 e. The van der Waals surface area contributed by atoms with Crippen LogP contribution < -0.4 is 5.32 Å². The molecule has 3 rings (SSSR count). The van der Waals surface area contributed by atoms with E-state index in [0.29, 0.717) is 17.6 Å². The quantitative estimate of drug-likeness (QED) is 0.856. The number of carbonyl (C=O) groups excluding carboxylic acids is 2. The van der Waals surface area contributed by atoms with Gasteiger partial charge < -0.3 is 15.1 Å². The van der Waals surface area contributed by atoms with Crippen molar-refractivity contribution >= 4 is 28.3 Å². The first kappa shape index (κ1) is 19.3. The lowest BCUT2D eigenvalue weighted by atomic mass is 9.99. The van der Waals surface area contributed by atoms with E-state index in [1.165, 1.54) is 43.7 Å². The lowest BCUT2D eigenvalue weighted by Gasteiger charge is -2.40. The van der Waals surface area contributed by atoms with Crippen LogP contribution in [0, 0.1) is 5.92 Å². The molecule has 0 aromatic carbocycles. The van der Waals surface area contributed by atoms with Crippen LogP contribution in [0.3, 0.4) is 0 Å². The summed E-state index contributed by atoms with van der Waals surface area (Å²) in [4.78, 5) is 33.3. The van der Waals surface area contributed by atoms with Gasteiger partial charge >= 0.3 is 0 Å². The van der Waals surface area contributed by atoms with Gasteiger partial charge in [0.2, 0.25) is 11.8 Å². The summed E-state index contributed by atoms with van der Waals surface area (Å²) in [5.41, 5.74) is 0.747. The van der Waals surface area contributed by atoms with Crippen molar-refractivity contribution in [1.82, 2.24) is 14.8 Å². The molecule has 0 spiro atoms. The number of anilines is 1. The number of rotatable bonds is 5. The number of thiazole rings is 1. The van der Waals surface area contributed by atoms with Gasteiger partial charge in [-0.25, -0.2) is 4.98 Å². The third-order valence-corrected chi connectivity index (χ3v) is 6.17. The summed E-state index contributed by atoms with van der Waals surface area (Å²) in [5.74, 6) is 0.0244. The molecule has 0 radical (unpaired) electrons. The van der Waals surface area contributed by atoms with Gasteiger partial charge in [0.1, 0.15) is 0 Å². The summed E-state index contributed by atoms with van der Waals surface area (Å²) in [6.07, 6.45) is 6.48. The first-order valence-electron chi connectivity index (χ1n) is 9.80. The highest BCUT2D eigenvalue weighted by Crippen LogP contribution is 2.22. The van der Waals surface area contributed by atoms with Gasteiger partial charge in [0.05, 0.1) is 12.1 Å². The Hall–Kier alpha value is -1.47. The molecule has 2 aliphatic rings. The molecule has 3 heterocycles. The van der Waals surface area contributed by atoms with E-state index in [0.717, 1.165) is 31.6 Å². The van der Waals surface area contributed by atoms with Crippen molar-refractivity contribution in [2.24, 2.45) is 5.92 Å². The molecule has 0 aliphatic carbocycles. The van der Waals surface area contributed by atoms with E-state index in [1.807, 2.05) is 24.1 Å². The zero-order valence-corrected chi connectivity index (χ0v) is 16.7. The summed E-state index contributed by atoms with van der Waals surface area (Å²) >= 11 is 1.38. The molecule has 0 unspecified atom stereocenters. The maximum atomic E-state index is 12.6. The Balaban J connectivity index is 1.45. The molecule has 2 aliphatic heterocycles. The van der Waals surface area contributed by atoms with Crippen LogP contribution in [0.4, 0.5) is 5.13 Å². The highest BCUT2D eigenvalue weighted by molar-refractivity contribution is 7.13. The van der Waals surface area contributed by atoms with Crippen LogP contribution in [0.15, 0.2) is 5.38 Å². The van der Waals surface area contributed by atoms with E-state index in [-0.39, 0.29) is 17.7 Å². The zero-order chi connectivity index (χ0) is 18.5. The normalized spacial score (nSPS) is 19.7. The van der Waals surface area contributed by atoms with Crippen LogP contribution in [0.25, 0.3) is 0 Å². The fraction of sp³-hybridized carbons (Fsp3) is 0.737. The summed E-state index contributed by atoms with van der Waals surface area (Å²) < 4.78 is 0. The van der Waals surface area contributed by atoms with Gasteiger partial charge in [0, 0.05) is 30.4 Å². The predicted octanol–water partition coefficient (Wildman–Crippen LogP) is 2.76. The van der Waals surface area contributed by atoms with Crippen LogP contribution >= 0.6 is 11.3 Å². The van der Waals surface area contributed by atoms with Crippen LogP contribution in [-0.2, 0) is 16.0 Å². The molecule has 144 valence electrons. The monoisotopic (exact) mass is 378 g/mol. The Kier molecular flexibility index (Phi) is 6.64. The number of aromatic nitrogens is 1. The third-order valence-electron chi connectivity index (χ3n) is 5.36. The van der Waals surface area contributed by atoms with Crippen molar-refractivity contribution in [2.75, 3.05) is 31.5 Å². The van der Waals surface area contributed by atoms with E-state index < -0.39 is 0 Å². The Labute approximate surface area is 160 Å². The molecule has 2 amide bonds. The van der Waals surface area contributed by atoms with Crippen molar-refractivity contribution in [3.05, 3.63) is 11.1 Å². The van der Waals surface area contributed by atoms with Gasteiger partial charge in [0.25, 0.3) is 0 Å². The number of amides is 2. The summed E-state index contributed by atoms with van der Waals surface area (Å²) in [7, 11) is 0. The van der Waals surface area contributed by atoms with Gasteiger partial charge in [-0.1, -0.05) is 20.3 Å². The molecular formula is C19H30N4O2S. The Bertz CT molecular complexity index is 617. The molecular weight excluding hydrogens is 348 g/mol. The summed E-state index contributed by atoms with van der Waals surface area (Å²) in [5, 5.41) is 5.24. The van der Waals surface area contributed by atoms with Gasteiger partial charge in [0.15, 0.2) is 5.13 Å². The summed E-state index contributed by atoms with van der Waals surface area (Å²) in [6.45, 7) is 7.84. The molecule has 26 heavy (non-hydrogen) atoms. The molecule has 7 heteroatoms. The third kappa shape index (κ3) is 5.04. The lowest BCUT2D eigenvalue weighted by molar-refractivity contribution is -0.132. The molecule has 0 atom stereocenters. The largest absolute Gasteiger partial charge is 0.342 e. The van der Waals surface area contributed by atoms with E-state index in [9.17, 15) is 9.59 Å². The smallest absolute Gasteiger partial charge is 0.228 e. The number of piperidine rings is 2.